The third kappa shape index (κ3) is 22.9. The molecule has 0 fully saturated rings. The second kappa shape index (κ2) is 12.3. The van der Waals surface area contributed by atoms with Crippen molar-refractivity contribution in [2.45, 2.75) is 64.4 Å². The molecule has 0 aromatic carbocycles. The van der Waals surface area contributed by atoms with Crippen molar-refractivity contribution in [1.29, 1.82) is 0 Å². The van der Waals surface area contributed by atoms with Crippen molar-refractivity contribution in [3.8, 4) is 0 Å². The van der Waals surface area contributed by atoms with Crippen LogP contribution in [0.5, 0.6) is 0 Å². The van der Waals surface area contributed by atoms with Crippen molar-refractivity contribution in [2.75, 3.05) is 6.54 Å². The van der Waals surface area contributed by atoms with Gasteiger partial charge < -0.3 is 21.1 Å². The van der Waals surface area contributed by atoms with Gasteiger partial charge in [0.15, 0.2) is 0 Å². The number of unbranched alkanes of at least 4 members (excludes halogenated alkanes) is 1. The van der Waals surface area contributed by atoms with Crippen molar-refractivity contribution in [1.82, 2.24) is 5.32 Å². The molecule has 112 valence electrons. The molecule has 19 heavy (non-hydrogen) atoms. The molecule has 0 bridgehead atoms. The molecule has 0 saturated heterocycles. The van der Waals surface area contributed by atoms with E-state index in [4.69, 9.17) is 25.4 Å². The molecule has 1 unspecified atom stereocenters. The van der Waals surface area contributed by atoms with Crippen LogP contribution in [-0.2, 0) is 9.59 Å². The molecular weight excluding hydrogens is 247 g/mol. The third-order valence-corrected chi connectivity index (χ3v) is 2.46. The van der Waals surface area contributed by atoms with Gasteiger partial charge in [-0.05, 0) is 46.5 Å². The molecule has 0 aromatic heterocycles. The maximum Gasteiger partial charge on any atom is 0.451 e. The third-order valence-electron chi connectivity index (χ3n) is 2.46. The number of carbonyl (C=O) groups excluding carboxylic acids is 2. The highest BCUT2D eigenvalue weighted by Gasteiger charge is 2.10. The highest BCUT2D eigenvalue weighted by Crippen LogP contribution is 2.06. The summed E-state index contributed by atoms with van der Waals surface area (Å²) in [4.78, 5) is 16.2. The highest BCUT2D eigenvalue weighted by atomic mass is 16.4. The van der Waals surface area contributed by atoms with E-state index in [1.165, 1.54) is 0 Å². The van der Waals surface area contributed by atoms with E-state index in [-0.39, 0.29) is 17.7 Å². The van der Waals surface area contributed by atoms with Gasteiger partial charge >= 0.3 is 13.3 Å². The first-order valence-corrected chi connectivity index (χ1v) is 6.59. The van der Waals surface area contributed by atoms with Gasteiger partial charge in [0, 0.05) is 11.6 Å². The van der Waals surface area contributed by atoms with Gasteiger partial charge in [0.25, 0.3) is 0 Å². The average Bonchev–Trinajstić information content (AvgIpc) is 2.23. The summed E-state index contributed by atoms with van der Waals surface area (Å²) in [5.74, 6) is 0. The second-order valence-electron chi connectivity index (χ2n) is 5.57. The standard InChI is InChI=1S/C11H27BN2O2.CO2/c1-11(2,3)14-9-7-10(13)6-4-5-8-12(15)16;2-1-3/h10,14-16H,4-9,13H2,1-3H3;. The summed E-state index contributed by atoms with van der Waals surface area (Å²) in [7, 11) is -1.17. The van der Waals surface area contributed by atoms with Crippen LogP contribution in [0.2, 0.25) is 6.32 Å². The molecule has 0 saturated carbocycles. The lowest BCUT2D eigenvalue weighted by Gasteiger charge is -2.21. The summed E-state index contributed by atoms with van der Waals surface area (Å²) < 4.78 is 0. The monoisotopic (exact) mass is 274 g/mol. The van der Waals surface area contributed by atoms with E-state index in [9.17, 15) is 0 Å². The minimum absolute atomic E-state index is 0.153. The minimum Gasteiger partial charge on any atom is -0.427 e. The van der Waals surface area contributed by atoms with Crippen molar-refractivity contribution in [3.05, 3.63) is 0 Å². The number of nitrogens with two attached hydrogens (primary N) is 1. The van der Waals surface area contributed by atoms with Crippen LogP contribution in [0, 0.1) is 0 Å². The molecule has 0 spiro atoms. The summed E-state index contributed by atoms with van der Waals surface area (Å²) >= 11 is 0. The molecule has 0 amide bonds. The minimum atomic E-state index is -1.17. The molecule has 0 aliphatic heterocycles. The molecule has 7 heteroatoms. The van der Waals surface area contributed by atoms with Crippen LogP contribution in [0.15, 0.2) is 0 Å². The Balaban J connectivity index is 0. The number of nitrogens with one attached hydrogen (secondary N) is 1. The fourth-order valence-electron chi connectivity index (χ4n) is 1.51. The summed E-state index contributed by atoms with van der Waals surface area (Å²) in [6.07, 6.45) is 4.43. The largest absolute Gasteiger partial charge is 0.451 e. The smallest absolute Gasteiger partial charge is 0.427 e. The summed E-state index contributed by atoms with van der Waals surface area (Å²) in [5, 5.41) is 20.7. The molecule has 0 heterocycles. The number of hydrogen-bond acceptors (Lipinski definition) is 6. The van der Waals surface area contributed by atoms with Gasteiger partial charge in [0.2, 0.25) is 0 Å². The van der Waals surface area contributed by atoms with Crippen LogP contribution in [0.4, 0.5) is 0 Å². The zero-order valence-corrected chi connectivity index (χ0v) is 12.2. The number of hydrogen-bond donors (Lipinski definition) is 4. The van der Waals surface area contributed by atoms with Crippen LogP contribution in [0.1, 0.15) is 46.5 Å². The summed E-state index contributed by atoms with van der Waals surface area (Å²) in [6.45, 7) is 7.36. The Morgan fingerprint density at radius 2 is 1.74 bits per heavy atom. The van der Waals surface area contributed by atoms with Crippen LogP contribution >= 0.6 is 0 Å². The molecular formula is C12H27BN2O4. The van der Waals surface area contributed by atoms with Crippen LogP contribution < -0.4 is 11.1 Å². The zero-order chi connectivity index (χ0) is 15.3. The summed E-state index contributed by atoms with van der Waals surface area (Å²) in [5.41, 5.74) is 6.11. The van der Waals surface area contributed by atoms with Crippen molar-refractivity contribution < 1.29 is 19.6 Å². The first kappa shape index (κ1) is 20.6. The topological polar surface area (TPSA) is 113 Å². The Morgan fingerprint density at radius 1 is 1.21 bits per heavy atom. The second-order valence-corrected chi connectivity index (χ2v) is 5.57. The van der Waals surface area contributed by atoms with Crippen LogP contribution in [0.25, 0.3) is 0 Å². The number of rotatable bonds is 8. The molecule has 6 nitrogen and oxygen atoms in total. The van der Waals surface area contributed by atoms with E-state index in [2.05, 4.69) is 26.1 Å². The maximum atomic E-state index is 8.66. The first-order valence-electron chi connectivity index (χ1n) is 6.59. The van der Waals surface area contributed by atoms with E-state index in [0.717, 1.165) is 32.2 Å². The van der Waals surface area contributed by atoms with E-state index >= 15 is 0 Å². The van der Waals surface area contributed by atoms with E-state index in [0.29, 0.717) is 6.32 Å². The van der Waals surface area contributed by atoms with Crippen molar-refractivity contribution in [2.24, 2.45) is 5.73 Å². The predicted molar refractivity (Wildman–Crippen MR) is 74.2 cm³/mol. The molecule has 5 N–H and O–H groups in total. The lowest BCUT2D eigenvalue weighted by molar-refractivity contribution is -0.191. The van der Waals surface area contributed by atoms with Crippen LogP contribution in [0.3, 0.4) is 0 Å². The van der Waals surface area contributed by atoms with E-state index in [1.54, 1.807) is 0 Å². The van der Waals surface area contributed by atoms with Gasteiger partial charge in [0.05, 0.1) is 0 Å². The van der Waals surface area contributed by atoms with Crippen molar-refractivity contribution >= 4 is 13.3 Å². The van der Waals surface area contributed by atoms with Gasteiger partial charge in [-0.2, -0.15) is 9.59 Å². The fraction of sp³-hybridized carbons (Fsp3) is 0.917. The highest BCUT2D eigenvalue weighted by molar-refractivity contribution is 6.40. The lowest BCUT2D eigenvalue weighted by Crippen LogP contribution is -2.38. The van der Waals surface area contributed by atoms with Crippen LogP contribution in [-0.4, -0.2) is 41.4 Å². The van der Waals surface area contributed by atoms with Gasteiger partial charge in [-0.1, -0.05) is 12.8 Å². The Morgan fingerprint density at radius 3 is 2.16 bits per heavy atom. The molecule has 0 aliphatic carbocycles. The molecule has 0 aromatic rings. The maximum absolute atomic E-state index is 8.66. The molecule has 0 radical (unpaired) electrons. The first-order chi connectivity index (χ1) is 8.72. The molecule has 0 rings (SSSR count). The van der Waals surface area contributed by atoms with Gasteiger partial charge in [-0.25, -0.2) is 0 Å². The zero-order valence-electron chi connectivity index (χ0n) is 12.2. The SMILES string of the molecule is CC(C)(C)NCCC(N)CCCCB(O)O.O=C=O. The normalized spacial score (nSPS) is 12.1. The average molecular weight is 274 g/mol. The van der Waals surface area contributed by atoms with Gasteiger partial charge in [-0.15, -0.1) is 0 Å². The fourth-order valence-corrected chi connectivity index (χ4v) is 1.51. The predicted octanol–water partition coefficient (Wildman–Crippen LogP) is 0.152. The van der Waals surface area contributed by atoms with Crippen molar-refractivity contribution in [3.63, 3.8) is 0 Å². The van der Waals surface area contributed by atoms with E-state index in [1.807, 2.05) is 0 Å². The Bertz CT molecular complexity index is 238. The lowest BCUT2D eigenvalue weighted by atomic mass is 9.83. The Labute approximate surface area is 115 Å². The molecule has 0 aliphatic rings. The Hall–Kier alpha value is -0.715. The van der Waals surface area contributed by atoms with E-state index < -0.39 is 7.12 Å². The summed E-state index contributed by atoms with van der Waals surface area (Å²) in [6, 6.07) is 0.214. The quantitative estimate of drug-likeness (QED) is 0.370. The van der Waals surface area contributed by atoms with Gasteiger partial charge in [-0.3, -0.25) is 0 Å². The Kier molecular flexibility index (Phi) is 13.4. The molecule has 1 atom stereocenters. The van der Waals surface area contributed by atoms with Gasteiger partial charge in [0.1, 0.15) is 0 Å².